The number of rotatable bonds is 2. The number of benzene rings is 1. The number of ether oxygens (including phenoxy) is 2. The Morgan fingerprint density at radius 3 is 2.94 bits per heavy atom. The lowest BCUT2D eigenvalue weighted by Crippen LogP contribution is -2.28. The Balaban J connectivity index is 2.02. The van der Waals surface area contributed by atoms with Crippen LogP contribution in [-0.2, 0) is 9.47 Å². The van der Waals surface area contributed by atoms with E-state index in [-0.39, 0.29) is 12.0 Å². The molecule has 0 spiro atoms. The van der Waals surface area contributed by atoms with Gasteiger partial charge in [0.05, 0.1) is 24.6 Å². The molecule has 1 fully saturated rings. The van der Waals surface area contributed by atoms with Gasteiger partial charge in [0.25, 0.3) is 0 Å². The molecule has 1 heterocycles. The summed E-state index contributed by atoms with van der Waals surface area (Å²) < 4.78 is 11.4. The van der Waals surface area contributed by atoms with Gasteiger partial charge in [-0.05, 0) is 18.2 Å². The van der Waals surface area contributed by atoms with Crippen LogP contribution in [-0.4, -0.2) is 36.5 Å². The number of aliphatic hydroxyl groups is 1. The molecule has 2 atom stereocenters. The highest BCUT2D eigenvalue weighted by molar-refractivity contribution is 9.10. The van der Waals surface area contributed by atoms with Crippen molar-refractivity contribution < 1.29 is 14.6 Å². The summed E-state index contributed by atoms with van der Waals surface area (Å²) in [5.74, 6) is 0. The maximum absolute atomic E-state index is 9.84. The van der Waals surface area contributed by atoms with Crippen LogP contribution >= 0.6 is 27.7 Å². The molecule has 0 unspecified atom stereocenters. The first kappa shape index (κ1) is 12.4. The van der Waals surface area contributed by atoms with Gasteiger partial charge in [0, 0.05) is 9.37 Å². The maximum Gasteiger partial charge on any atom is 0.146 e. The van der Waals surface area contributed by atoms with Crippen molar-refractivity contribution in [2.45, 2.75) is 16.2 Å². The van der Waals surface area contributed by atoms with Crippen LogP contribution in [0.2, 0.25) is 0 Å². The molecule has 88 valence electrons. The van der Waals surface area contributed by atoms with Crippen molar-refractivity contribution in [1.29, 1.82) is 0 Å². The van der Waals surface area contributed by atoms with Crippen molar-refractivity contribution in [3.05, 3.63) is 28.7 Å². The summed E-state index contributed by atoms with van der Waals surface area (Å²) in [5, 5.41) is 9.87. The van der Waals surface area contributed by atoms with Crippen molar-refractivity contribution in [2.75, 3.05) is 20.0 Å². The molecule has 0 saturated carbocycles. The van der Waals surface area contributed by atoms with Gasteiger partial charge < -0.3 is 14.6 Å². The SMILES string of the molecule is O[C@@H]1COCOC[C@H]1Sc1cccc(Br)c1. The Hall–Kier alpha value is -0.0700. The van der Waals surface area contributed by atoms with E-state index in [4.69, 9.17) is 9.47 Å². The second kappa shape index (κ2) is 6.02. The predicted molar refractivity (Wildman–Crippen MR) is 66.6 cm³/mol. The normalized spacial score (nSPS) is 26.4. The summed E-state index contributed by atoms with van der Waals surface area (Å²) in [7, 11) is 0. The Labute approximate surface area is 107 Å². The number of hydrogen-bond donors (Lipinski definition) is 1. The monoisotopic (exact) mass is 304 g/mol. The van der Waals surface area contributed by atoms with Crippen molar-refractivity contribution in [3.8, 4) is 0 Å². The van der Waals surface area contributed by atoms with E-state index in [0.29, 0.717) is 13.2 Å². The van der Waals surface area contributed by atoms with Crippen LogP contribution in [0.4, 0.5) is 0 Å². The van der Waals surface area contributed by atoms with E-state index in [0.717, 1.165) is 9.37 Å². The van der Waals surface area contributed by atoms with E-state index in [9.17, 15) is 5.11 Å². The highest BCUT2D eigenvalue weighted by Gasteiger charge is 2.23. The molecule has 1 aliphatic heterocycles. The van der Waals surface area contributed by atoms with Crippen LogP contribution in [0.1, 0.15) is 0 Å². The third-order valence-corrected chi connectivity index (χ3v) is 4.02. The van der Waals surface area contributed by atoms with Crippen LogP contribution in [0.5, 0.6) is 0 Å². The summed E-state index contributed by atoms with van der Waals surface area (Å²) >= 11 is 5.04. The summed E-state index contributed by atoms with van der Waals surface area (Å²) in [4.78, 5) is 1.11. The van der Waals surface area contributed by atoms with Gasteiger partial charge in [-0.3, -0.25) is 0 Å². The van der Waals surface area contributed by atoms with Crippen LogP contribution < -0.4 is 0 Å². The fourth-order valence-electron chi connectivity index (χ4n) is 1.44. The molecule has 0 radical (unpaired) electrons. The molecule has 0 aliphatic carbocycles. The van der Waals surface area contributed by atoms with Gasteiger partial charge in [-0.2, -0.15) is 0 Å². The standard InChI is InChI=1S/C11H13BrO3S/c12-8-2-1-3-9(4-8)16-11-6-15-7-14-5-10(11)13/h1-4,10-11,13H,5-7H2/t10-,11-/m1/s1. The molecule has 0 bridgehead atoms. The van der Waals surface area contributed by atoms with E-state index in [1.165, 1.54) is 0 Å². The van der Waals surface area contributed by atoms with Gasteiger partial charge in [-0.15, -0.1) is 11.8 Å². The lowest BCUT2D eigenvalue weighted by molar-refractivity contribution is -0.0420. The van der Waals surface area contributed by atoms with Crippen molar-refractivity contribution >= 4 is 27.7 Å². The molecular formula is C11H13BrO3S. The summed E-state index contributed by atoms with van der Waals surface area (Å²) in [5.41, 5.74) is 0. The fourth-order valence-corrected chi connectivity index (χ4v) is 3.09. The Bertz CT molecular complexity index is 348. The van der Waals surface area contributed by atoms with E-state index >= 15 is 0 Å². The van der Waals surface area contributed by atoms with Gasteiger partial charge in [0.2, 0.25) is 0 Å². The fraction of sp³-hybridized carbons (Fsp3) is 0.455. The third-order valence-electron chi connectivity index (χ3n) is 2.25. The molecule has 1 aliphatic rings. The van der Waals surface area contributed by atoms with Gasteiger partial charge in [-0.25, -0.2) is 0 Å². The average molecular weight is 305 g/mol. The quantitative estimate of drug-likeness (QED) is 0.910. The first-order valence-electron chi connectivity index (χ1n) is 5.01. The second-order valence-corrected chi connectivity index (χ2v) is 5.77. The van der Waals surface area contributed by atoms with Crippen molar-refractivity contribution in [1.82, 2.24) is 0 Å². The number of thioether (sulfide) groups is 1. The van der Waals surface area contributed by atoms with E-state index in [1.54, 1.807) is 11.8 Å². The maximum atomic E-state index is 9.84. The minimum atomic E-state index is -0.480. The molecule has 1 aromatic carbocycles. The van der Waals surface area contributed by atoms with Gasteiger partial charge >= 0.3 is 0 Å². The predicted octanol–water partition coefficient (Wildman–Crippen LogP) is 2.28. The highest BCUT2D eigenvalue weighted by atomic mass is 79.9. The molecule has 0 aromatic heterocycles. The van der Waals surface area contributed by atoms with Crippen LogP contribution in [0.3, 0.4) is 0 Å². The van der Waals surface area contributed by atoms with Crippen LogP contribution in [0.25, 0.3) is 0 Å². The Morgan fingerprint density at radius 2 is 2.12 bits per heavy atom. The average Bonchev–Trinajstić information content (AvgIpc) is 2.45. The molecule has 0 amide bonds. The Morgan fingerprint density at radius 1 is 1.31 bits per heavy atom. The minimum absolute atomic E-state index is 0.0248. The first-order chi connectivity index (χ1) is 7.75. The molecule has 1 N–H and O–H groups in total. The number of halogens is 1. The number of aliphatic hydroxyl groups excluding tert-OH is 1. The smallest absolute Gasteiger partial charge is 0.146 e. The molecule has 3 nitrogen and oxygen atoms in total. The molecular weight excluding hydrogens is 292 g/mol. The second-order valence-electron chi connectivity index (χ2n) is 3.54. The van der Waals surface area contributed by atoms with Crippen molar-refractivity contribution in [3.63, 3.8) is 0 Å². The minimum Gasteiger partial charge on any atom is -0.389 e. The van der Waals surface area contributed by atoms with Crippen LogP contribution in [0.15, 0.2) is 33.6 Å². The summed E-state index contributed by atoms with van der Waals surface area (Å²) in [6.45, 7) is 1.12. The molecule has 2 rings (SSSR count). The van der Waals surface area contributed by atoms with Crippen molar-refractivity contribution in [2.24, 2.45) is 0 Å². The summed E-state index contributed by atoms with van der Waals surface area (Å²) in [6, 6.07) is 8.01. The lowest BCUT2D eigenvalue weighted by Gasteiger charge is -2.18. The largest absolute Gasteiger partial charge is 0.389 e. The first-order valence-corrected chi connectivity index (χ1v) is 6.69. The highest BCUT2D eigenvalue weighted by Crippen LogP contribution is 2.28. The van der Waals surface area contributed by atoms with E-state index < -0.39 is 6.10 Å². The third kappa shape index (κ3) is 3.46. The zero-order valence-corrected chi connectivity index (χ0v) is 11.0. The van der Waals surface area contributed by atoms with E-state index in [1.807, 2.05) is 24.3 Å². The Kier molecular flexibility index (Phi) is 4.66. The number of hydrogen-bond acceptors (Lipinski definition) is 4. The zero-order chi connectivity index (χ0) is 11.4. The zero-order valence-electron chi connectivity index (χ0n) is 8.64. The van der Waals surface area contributed by atoms with Gasteiger partial charge in [0.1, 0.15) is 6.79 Å². The summed E-state index contributed by atoms with van der Waals surface area (Å²) in [6.07, 6.45) is -0.480. The van der Waals surface area contributed by atoms with E-state index in [2.05, 4.69) is 15.9 Å². The topological polar surface area (TPSA) is 38.7 Å². The lowest BCUT2D eigenvalue weighted by atomic mass is 10.3. The molecule has 1 saturated heterocycles. The van der Waals surface area contributed by atoms with Gasteiger partial charge in [0.15, 0.2) is 0 Å². The molecule has 5 heteroatoms. The molecule has 1 aromatic rings. The van der Waals surface area contributed by atoms with Crippen LogP contribution in [0, 0.1) is 0 Å². The molecule has 16 heavy (non-hydrogen) atoms. The van der Waals surface area contributed by atoms with Gasteiger partial charge in [-0.1, -0.05) is 22.0 Å².